The van der Waals surface area contributed by atoms with Crippen LogP contribution in [0.15, 0.2) is 0 Å². The van der Waals surface area contributed by atoms with Crippen LogP contribution in [0, 0.1) is 0 Å². The van der Waals surface area contributed by atoms with E-state index in [-0.39, 0.29) is 5.25 Å². The molecule has 0 aromatic rings. The van der Waals surface area contributed by atoms with Crippen molar-refractivity contribution in [2.24, 2.45) is 0 Å². The predicted octanol–water partition coefficient (Wildman–Crippen LogP) is 0.184. The average molecular weight is 161 g/mol. The minimum atomic E-state index is -2.80. The number of hydrogen-bond donors (Lipinski definition) is 0. The molecule has 2 rings (SSSR count). The molecule has 10 heavy (non-hydrogen) atoms. The van der Waals surface area contributed by atoms with Gasteiger partial charge in [0, 0.05) is 13.1 Å². The monoisotopic (exact) mass is 161 g/mol. The molecule has 2 bridgehead atoms. The summed E-state index contributed by atoms with van der Waals surface area (Å²) in [7, 11) is -2.80. The van der Waals surface area contributed by atoms with Crippen LogP contribution >= 0.6 is 0 Å². The van der Waals surface area contributed by atoms with Crippen LogP contribution in [0.1, 0.15) is 19.3 Å². The largest absolute Gasteiger partial charge is 0.217 e. The smallest absolute Gasteiger partial charge is 0.212 e. The van der Waals surface area contributed by atoms with Crippen molar-refractivity contribution in [2.45, 2.75) is 24.5 Å². The Labute approximate surface area is 61.1 Å². The summed E-state index contributed by atoms with van der Waals surface area (Å²) < 4.78 is 24.2. The van der Waals surface area contributed by atoms with E-state index >= 15 is 0 Å². The van der Waals surface area contributed by atoms with Crippen molar-refractivity contribution in [3.63, 3.8) is 0 Å². The molecule has 0 N–H and O–H groups in total. The molecule has 58 valence electrons. The number of rotatable bonds is 0. The van der Waals surface area contributed by atoms with Gasteiger partial charge in [0.2, 0.25) is 10.0 Å². The molecule has 0 saturated carbocycles. The van der Waals surface area contributed by atoms with E-state index in [2.05, 4.69) is 0 Å². The van der Waals surface area contributed by atoms with Gasteiger partial charge < -0.3 is 0 Å². The van der Waals surface area contributed by atoms with Crippen molar-refractivity contribution in [2.75, 3.05) is 13.1 Å². The lowest BCUT2D eigenvalue weighted by atomic mass is 10.2. The van der Waals surface area contributed by atoms with Gasteiger partial charge in [0.25, 0.3) is 0 Å². The molecule has 3 nitrogen and oxygen atoms in total. The fourth-order valence-corrected chi connectivity index (χ4v) is 3.84. The van der Waals surface area contributed by atoms with Crippen LogP contribution in [0.3, 0.4) is 0 Å². The van der Waals surface area contributed by atoms with Gasteiger partial charge >= 0.3 is 0 Å². The molecule has 0 spiro atoms. The summed E-state index contributed by atoms with van der Waals surface area (Å²) in [5.74, 6) is 0. The molecular formula is C6H11NO2S. The zero-order valence-corrected chi connectivity index (χ0v) is 6.60. The summed E-state index contributed by atoms with van der Waals surface area (Å²) in [6.07, 6.45) is 2.81. The molecule has 0 amide bonds. The van der Waals surface area contributed by atoms with Gasteiger partial charge in [-0.15, -0.1) is 0 Å². The highest BCUT2D eigenvalue weighted by atomic mass is 32.2. The van der Waals surface area contributed by atoms with Gasteiger partial charge in [-0.3, -0.25) is 0 Å². The zero-order valence-electron chi connectivity index (χ0n) is 5.78. The van der Waals surface area contributed by atoms with E-state index in [1.54, 1.807) is 4.31 Å². The van der Waals surface area contributed by atoms with Gasteiger partial charge in [-0.1, -0.05) is 0 Å². The van der Waals surface area contributed by atoms with Crippen LogP contribution in [0.4, 0.5) is 0 Å². The average Bonchev–Trinajstić information content (AvgIpc) is 2.17. The second-order valence-electron chi connectivity index (χ2n) is 3.00. The first-order valence-corrected chi connectivity index (χ1v) is 5.20. The summed E-state index contributed by atoms with van der Waals surface area (Å²) in [6.45, 7) is 1.53. The summed E-state index contributed by atoms with van der Waals surface area (Å²) in [6, 6.07) is 0. The number of sulfonamides is 1. The first-order valence-electron chi connectivity index (χ1n) is 3.70. The Kier molecular flexibility index (Phi) is 1.29. The molecule has 0 radical (unpaired) electrons. The van der Waals surface area contributed by atoms with Crippen LogP contribution in [-0.4, -0.2) is 31.1 Å². The maximum absolute atomic E-state index is 11.3. The first-order chi connectivity index (χ1) is 4.71. The second-order valence-corrected chi connectivity index (χ2v) is 5.21. The van der Waals surface area contributed by atoms with Crippen LogP contribution in [-0.2, 0) is 10.0 Å². The molecule has 2 heterocycles. The lowest BCUT2D eigenvalue weighted by Gasteiger charge is -2.21. The highest BCUT2D eigenvalue weighted by Crippen LogP contribution is 2.29. The highest BCUT2D eigenvalue weighted by Gasteiger charge is 2.41. The van der Waals surface area contributed by atoms with Crippen molar-refractivity contribution in [3.8, 4) is 0 Å². The summed E-state index contributed by atoms with van der Waals surface area (Å²) in [5.41, 5.74) is 0. The molecule has 2 aliphatic heterocycles. The van der Waals surface area contributed by atoms with Crippen LogP contribution in [0.2, 0.25) is 0 Å². The van der Waals surface area contributed by atoms with Crippen LogP contribution < -0.4 is 0 Å². The van der Waals surface area contributed by atoms with Gasteiger partial charge in [0.15, 0.2) is 0 Å². The van der Waals surface area contributed by atoms with Crippen molar-refractivity contribution in [1.29, 1.82) is 0 Å². The Hall–Kier alpha value is -0.0900. The lowest BCUT2D eigenvalue weighted by Crippen LogP contribution is -2.34. The quantitative estimate of drug-likeness (QED) is 0.508. The van der Waals surface area contributed by atoms with Crippen LogP contribution in [0.5, 0.6) is 0 Å². The van der Waals surface area contributed by atoms with Gasteiger partial charge in [0.05, 0.1) is 5.25 Å². The molecule has 1 unspecified atom stereocenters. The topological polar surface area (TPSA) is 37.4 Å². The maximum atomic E-state index is 11.3. The SMILES string of the molecule is O=S1(=O)[C@@H]2CCCN1CC2. The van der Waals surface area contributed by atoms with Gasteiger partial charge in [-0.25, -0.2) is 12.7 Å². The van der Waals surface area contributed by atoms with Crippen molar-refractivity contribution >= 4 is 10.0 Å². The maximum Gasteiger partial charge on any atom is 0.217 e. The van der Waals surface area contributed by atoms with E-state index in [4.69, 9.17) is 0 Å². The fraction of sp³-hybridized carbons (Fsp3) is 1.00. The first kappa shape index (κ1) is 6.61. The minimum Gasteiger partial charge on any atom is -0.212 e. The van der Waals surface area contributed by atoms with E-state index < -0.39 is 10.0 Å². The normalized spacial score (nSPS) is 43.6. The van der Waals surface area contributed by atoms with Gasteiger partial charge in [0.1, 0.15) is 0 Å². The summed E-state index contributed by atoms with van der Waals surface area (Å²) in [4.78, 5) is 0. The predicted molar refractivity (Wildman–Crippen MR) is 38.1 cm³/mol. The van der Waals surface area contributed by atoms with E-state index in [9.17, 15) is 8.42 Å². The van der Waals surface area contributed by atoms with Crippen molar-refractivity contribution in [3.05, 3.63) is 0 Å². The standard InChI is InChI=1S/C6H11NO2S/c8-10(9)6-2-1-4-7(10)5-3-6/h6H,1-5H2/t6-/m1/s1. The van der Waals surface area contributed by atoms with E-state index in [0.29, 0.717) is 0 Å². The molecule has 0 aromatic heterocycles. The molecule has 0 aliphatic carbocycles. The van der Waals surface area contributed by atoms with Crippen LogP contribution in [0.25, 0.3) is 0 Å². The Bertz CT molecular complexity index is 212. The molecule has 2 atom stereocenters. The highest BCUT2D eigenvalue weighted by molar-refractivity contribution is 7.90. The minimum absolute atomic E-state index is 0.0266. The summed E-state index contributed by atoms with van der Waals surface area (Å²) >= 11 is 0. The van der Waals surface area contributed by atoms with Crippen molar-refractivity contribution in [1.82, 2.24) is 4.31 Å². The summed E-state index contributed by atoms with van der Waals surface area (Å²) in [5, 5.41) is -0.0266. The third-order valence-corrected chi connectivity index (χ3v) is 4.81. The Balaban J connectivity index is 2.39. The zero-order chi connectivity index (χ0) is 7.19. The Morgan fingerprint density at radius 1 is 1.20 bits per heavy atom. The number of nitrogens with zero attached hydrogens (tertiary/aromatic N) is 1. The molecule has 2 saturated heterocycles. The molecule has 0 aromatic carbocycles. The van der Waals surface area contributed by atoms with Gasteiger partial charge in [-0.05, 0) is 19.3 Å². The fourth-order valence-electron chi connectivity index (χ4n) is 1.80. The van der Waals surface area contributed by atoms with Gasteiger partial charge in [-0.2, -0.15) is 0 Å². The molecule has 4 heteroatoms. The molecular weight excluding hydrogens is 150 g/mol. The van der Waals surface area contributed by atoms with E-state index in [0.717, 1.165) is 32.4 Å². The molecule has 2 fully saturated rings. The number of fused-ring (bicyclic) bond motifs is 2. The number of hydrogen-bond acceptors (Lipinski definition) is 2. The Morgan fingerprint density at radius 2 is 2.00 bits per heavy atom. The van der Waals surface area contributed by atoms with Crippen molar-refractivity contribution < 1.29 is 8.42 Å². The third-order valence-electron chi connectivity index (χ3n) is 2.42. The Morgan fingerprint density at radius 3 is 2.60 bits per heavy atom. The molecule has 2 aliphatic rings. The van der Waals surface area contributed by atoms with E-state index in [1.165, 1.54) is 0 Å². The second kappa shape index (κ2) is 1.95. The lowest BCUT2D eigenvalue weighted by molar-refractivity contribution is 0.429. The third kappa shape index (κ3) is 0.720. The van der Waals surface area contributed by atoms with E-state index in [1.807, 2.05) is 0 Å².